The van der Waals surface area contributed by atoms with Gasteiger partial charge in [-0.05, 0) is 37.1 Å². The largest absolute Gasteiger partial charge is 0.493 e. The summed E-state index contributed by atoms with van der Waals surface area (Å²) in [4.78, 5) is 4.69. The van der Waals surface area contributed by atoms with Crippen LogP contribution in [-0.4, -0.2) is 33.8 Å². The molecule has 0 aliphatic heterocycles. The summed E-state index contributed by atoms with van der Waals surface area (Å²) in [6.07, 6.45) is 0. The van der Waals surface area contributed by atoms with Gasteiger partial charge in [0.05, 0.1) is 27.9 Å². The molecule has 0 aliphatic carbocycles. The fourth-order valence-corrected chi connectivity index (χ4v) is 3.07. The van der Waals surface area contributed by atoms with Crippen molar-refractivity contribution in [1.82, 2.24) is 5.32 Å². The monoisotopic (exact) mass is 435 g/mol. The lowest BCUT2D eigenvalue weighted by Crippen LogP contribution is -2.30. The first-order valence-corrected chi connectivity index (χ1v) is 9.42. The number of hydrogen-bond acceptors (Lipinski definition) is 4. The number of rotatable bonds is 7. The molecule has 2 aromatic carbocycles. The summed E-state index contributed by atoms with van der Waals surface area (Å²) in [6, 6.07) is 9.88. The number of ether oxygens (including phenoxy) is 3. The number of aliphatic imine (C=N–C) groups is 1. The third-order valence-corrected chi connectivity index (χ3v) is 4.48. The molecule has 0 aliphatic rings. The minimum atomic E-state index is 0.554. The summed E-state index contributed by atoms with van der Waals surface area (Å²) in [5.41, 5.74) is 3.15. The molecule has 2 aromatic rings. The van der Waals surface area contributed by atoms with Crippen LogP contribution in [0, 0.1) is 6.92 Å². The molecule has 146 valence electrons. The molecule has 0 saturated heterocycles. The number of methoxy groups -OCH3 is 3. The van der Waals surface area contributed by atoms with Gasteiger partial charge in [0.2, 0.25) is 5.75 Å². The first-order chi connectivity index (χ1) is 13.0. The summed E-state index contributed by atoms with van der Waals surface area (Å²) >= 11 is 3.49. The molecule has 2 N–H and O–H groups in total. The van der Waals surface area contributed by atoms with Gasteiger partial charge in [0.1, 0.15) is 0 Å². The molecule has 0 fully saturated rings. The van der Waals surface area contributed by atoms with Gasteiger partial charge in [-0.1, -0.05) is 22.0 Å². The molecule has 0 amide bonds. The fraction of sp³-hybridized carbons (Fsp3) is 0.350. The molecule has 0 bridgehead atoms. The lowest BCUT2D eigenvalue weighted by molar-refractivity contribution is 0.324. The van der Waals surface area contributed by atoms with Gasteiger partial charge in [-0.2, -0.15) is 0 Å². The predicted octanol–water partition coefficient (Wildman–Crippen LogP) is 4.36. The smallest absolute Gasteiger partial charge is 0.203 e. The van der Waals surface area contributed by atoms with E-state index in [-0.39, 0.29) is 0 Å². The Morgan fingerprint density at radius 3 is 2.22 bits per heavy atom. The van der Waals surface area contributed by atoms with Crippen molar-refractivity contribution >= 4 is 27.6 Å². The molecule has 0 heterocycles. The Bertz CT molecular complexity index is 784. The molecular weight excluding hydrogens is 410 g/mol. The maximum absolute atomic E-state index is 5.41. The standard InChI is InChI=1S/C20H26BrN3O3/c1-6-22-20(23-12-14-7-8-15(21)9-13(14)2)24-16-10-17(25-3)19(27-5)18(11-16)26-4/h7-11H,6,12H2,1-5H3,(H2,22,23,24). The molecule has 0 saturated carbocycles. The first-order valence-electron chi connectivity index (χ1n) is 8.62. The van der Waals surface area contributed by atoms with Gasteiger partial charge in [-0.15, -0.1) is 0 Å². The first kappa shape index (κ1) is 20.9. The van der Waals surface area contributed by atoms with Crippen LogP contribution in [0.15, 0.2) is 39.8 Å². The van der Waals surface area contributed by atoms with E-state index < -0.39 is 0 Å². The molecule has 0 unspecified atom stereocenters. The van der Waals surface area contributed by atoms with E-state index >= 15 is 0 Å². The Balaban J connectivity index is 2.27. The van der Waals surface area contributed by atoms with Gasteiger partial charge >= 0.3 is 0 Å². The zero-order valence-electron chi connectivity index (χ0n) is 16.4. The van der Waals surface area contributed by atoms with Crippen LogP contribution in [0.3, 0.4) is 0 Å². The fourth-order valence-electron chi connectivity index (χ4n) is 2.60. The van der Waals surface area contributed by atoms with Crippen molar-refractivity contribution < 1.29 is 14.2 Å². The van der Waals surface area contributed by atoms with Crippen LogP contribution in [0.2, 0.25) is 0 Å². The van der Waals surface area contributed by atoms with Crippen molar-refractivity contribution in [3.05, 3.63) is 45.9 Å². The van der Waals surface area contributed by atoms with E-state index in [9.17, 15) is 0 Å². The summed E-state index contributed by atoms with van der Waals surface area (Å²) in [5.74, 6) is 2.39. The van der Waals surface area contributed by atoms with Gasteiger partial charge in [0, 0.05) is 28.8 Å². The molecular formula is C20H26BrN3O3. The van der Waals surface area contributed by atoms with Crippen molar-refractivity contribution in [2.75, 3.05) is 33.2 Å². The van der Waals surface area contributed by atoms with Crippen molar-refractivity contribution in [1.29, 1.82) is 0 Å². The molecule has 2 rings (SSSR count). The quantitative estimate of drug-likeness (QED) is 0.499. The minimum Gasteiger partial charge on any atom is -0.493 e. The highest BCUT2D eigenvalue weighted by Gasteiger charge is 2.14. The summed E-state index contributed by atoms with van der Waals surface area (Å²) < 4.78 is 17.2. The number of nitrogens with zero attached hydrogens (tertiary/aromatic N) is 1. The maximum atomic E-state index is 5.41. The SMILES string of the molecule is CCNC(=NCc1ccc(Br)cc1C)Nc1cc(OC)c(OC)c(OC)c1. The van der Waals surface area contributed by atoms with E-state index in [0.717, 1.165) is 16.7 Å². The van der Waals surface area contributed by atoms with Crippen LogP contribution >= 0.6 is 15.9 Å². The second kappa shape index (κ2) is 10.1. The van der Waals surface area contributed by atoms with Crippen molar-refractivity contribution in [3.8, 4) is 17.2 Å². The van der Waals surface area contributed by atoms with Crippen LogP contribution in [0.1, 0.15) is 18.1 Å². The van der Waals surface area contributed by atoms with Gasteiger partial charge in [0.25, 0.3) is 0 Å². The van der Waals surface area contributed by atoms with Crippen LogP contribution in [0.4, 0.5) is 5.69 Å². The van der Waals surface area contributed by atoms with E-state index in [1.54, 1.807) is 21.3 Å². The van der Waals surface area contributed by atoms with Crippen LogP contribution in [0.5, 0.6) is 17.2 Å². The number of nitrogens with one attached hydrogen (secondary N) is 2. The number of anilines is 1. The Morgan fingerprint density at radius 1 is 1.04 bits per heavy atom. The van der Waals surface area contributed by atoms with E-state index in [0.29, 0.717) is 29.8 Å². The molecule has 0 spiro atoms. The molecule has 27 heavy (non-hydrogen) atoms. The number of hydrogen-bond donors (Lipinski definition) is 2. The Labute approximate surface area is 169 Å². The molecule has 6 nitrogen and oxygen atoms in total. The number of aryl methyl sites for hydroxylation is 1. The Morgan fingerprint density at radius 2 is 1.70 bits per heavy atom. The molecule has 0 aromatic heterocycles. The second-order valence-electron chi connectivity index (χ2n) is 5.80. The third-order valence-electron chi connectivity index (χ3n) is 3.98. The van der Waals surface area contributed by atoms with Gasteiger partial charge in [0.15, 0.2) is 17.5 Å². The maximum Gasteiger partial charge on any atom is 0.203 e. The third kappa shape index (κ3) is 5.53. The summed E-state index contributed by atoms with van der Waals surface area (Å²) in [5, 5.41) is 6.55. The van der Waals surface area contributed by atoms with E-state index in [1.807, 2.05) is 25.1 Å². The van der Waals surface area contributed by atoms with Gasteiger partial charge < -0.3 is 24.8 Å². The highest BCUT2D eigenvalue weighted by atomic mass is 79.9. The van der Waals surface area contributed by atoms with Gasteiger partial charge in [-0.3, -0.25) is 0 Å². The minimum absolute atomic E-state index is 0.554. The van der Waals surface area contributed by atoms with Gasteiger partial charge in [-0.25, -0.2) is 4.99 Å². The summed E-state index contributed by atoms with van der Waals surface area (Å²) in [7, 11) is 4.77. The van der Waals surface area contributed by atoms with Crippen molar-refractivity contribution in [3.63, 3.8) is 0 Å². The lowest BCUT2D eigenvalue weighted by atomic mass is 10.1. The van der Waals surface area contributed by atoms with Crippen LogP contribution < -0.4 is 24.8 Å². The molecule has 0 radical (unpaired) electrons. The van der Waals surface area contributed by atoms with Crippen molar-refractivity contribution in [2.24, 2.45) is 4.99 Å². The zero-order chi connectivity index (χ0) is 19.8. The predicted molar refractivity (Wildman–Crippen MR) is 113 cm³/mol. The number of halogens is 1. The van der Waals surface area contributed by atoms with E-state index in [1.165, 1.54) is 11.1 Å². The van der Waals surface area contributed by atoms with E-state index in [4.69, 9.17) is 14.2 Å². The number of guanidine groups is 1. The lowest BCUT2D eigenvalue weighted by Gasteiger charge is -2.16. The summed E-state index contributed by atoms with van der Waals surface area (Å²) in [6.45, 7) is 5.42. The van der Waals surface area contributed by atoms with E-state index in [2.05, 4.69) is 50.6 Å². The second-order valence-corrected chi connectivity index (χ2v) is 6.72. The normalized spacial score (nSPS) is 11.1. The highest BCUT2D eigenvalue weighted by molar-refractivity contribution is 9.10. The molecule has 0 atom stereocenters. The number of benzene rings is 2. The Kier molecular flexibility index (Phi) is 7.79. The van der Waals surface area contributed by atoms with Crippen LogP contribution in [-0.2, 0) is 6.54 Å². The zero-order valence-corrected chi connectivity index (χ0v) is 17.9. The molecule has 7 heteroatoms. The topological polar surface area (TPSA) is 64.1 Å². The van der Waals surface area contributed by atoms with Crippen molar-refractivity contribution in [2.45, 2.75) is 20.4 Å². The highest BCUT2D eigenvalue weighted by Crippen LogP contribution is 2.39. The Hall–Kier alpha value is -2.41. The average Bonchev–Trinajstić information content (AvgIpc) is 2.66. The average molecular weight is 436 g/mol. The van der Waals surface area contributed by atoms with Crippen LogP contribution in [0.25, 0.3) is 0 Å².